The molecule has 2 N–H and O–H groups in total. The van der Waals surface area contributed by atoms with Crippen molar-refractivity contribution in [3.8, 4) is 0 Å². The van der Waals surface area contributed by atoms with Crippen molar-refractivity contribution in [1.82, 2.24) is 5.32 Å². The minimum Gasteiger partial charge on any atom is -0.441 e. The predicted octanol–water partition coefficient (Wildman–Crippen LogP) is 1.15. The smallest absolute Gasteiger partial charge is 0.408 e. The molecule has 2 aliphatic rings. The van der Waals surface area contributed by atoms with Crippen molar-refractivity contribution in [2.24, 2.45) is 0 Å². The highest BCUT2D eigenvalue weighted by molar-refractivity contribution is 7.99. The van der Waals surface area contributed by atoms with Crippen LogP contribution in [0.4, 0.5) is 4.79 Å². The van der Waals surface area contributed by atoms with Gasteiger partial charge in [-0.3, -0.25) is 0 Å². The van der Waals surface area contributed by atoms with Gasteiger partial charge in [-0.25, -0.2) is 4.79 Å². The number of ether oxygens (including phenoxy) is 2. The molecule has 3 rings (SSSR count). The molecular weight excluding hydrogens is 278 g/mol. The molecule has 5 atom stereocenters. The van der Waals surface area contributed by atoms with Gasteiger partial charge in [0.15, 0.2) is 6.10 Å². The van der Waals surface area contributed by atoms with Crippen LogP contribution < -0.4 is 5.32 Å². The Kier molecular flexibility index (Phi) is 3.87. The first-order valence-corrected chi connectivity index (χ1v) is 7.83. The van der Waals surface area contributed by atoms with Gasteiger partial charge in [0.05, 0.1) is 24.0 Å². The normalized spacial score (nSPS) is 35.5. The summed E-state index contributed by atoms with van der Waals surface area (Å²) >= 11 is 1.54. The number of nitrogens with one attached hydrogen (secondary N) is 1. The Morgan fingerprint density at radius 1 is 1.40 bits per heavy atom. The lowest BCUT2D eigenvalue weighted by atomic mass is 10.2. The molecule has 5 nitrogen and oxygen atoms in total. The van der Waals surface area contributed by atoms with E-state index >= 15 is 0 Å². The third-order valence-corrected chi connectivity index (χ3v) is 4.88. The molecule has 1 saturated carbocycles. The second kappa shape index (κ2) is 5.63. The lowest BCUT2D eigenvalue weighted by Crippen LogP contribution is -2.39. The SMILES string of the molecule is CS[C@H]1[C@H](O)[C@@H]2NC(=O)O[C@@H]2[C@H]1OCc1ccccc1. The highest BCUT2D eigenvalue weighted by Crippen LogP contribution is 2.36. The molecule has 0 unspecified atom stereocenters. The molecule has 108 valence electrons. The first-order chi connectivity index (χ1) is 9.70. The Labute approximate surface area is 121 Å². The second-order valence-electron chi connectivity index (χ2n) is 4.99. The van der Waals surface area contributed by atoms with Crippen LogP contribution in [-0.2, 0) is 16.1 Å². The van der Waals surface area contributed by atoms with Crippen molar-refractivity contribution in [2.75, 3.05) is 6.26 Å². The molecule has 0 bridgehead atoms. The monoisotopic (exact) mass is 295 g/mol. The van der Waals surface area contributed by atoms with E-state index in [1.165, 1.54) is 11.8 Å². The summed E-state index contributed by atoms with van der Waals surface area (Å²) < 4.78 is 11.2. The number of alkyl carbamates (subject to hydrolysis) is 1. The van der Waals surface area contributed by atoms with Crippen LogP contribution >= 0.6 is 11.8 Å². The molecule has 1 aromatic carbocycles. The predicted molar refractivity (Wildman–Crippen MR) is 75.5 cm³/mol. The van der Waals surface area contributed by atoms with Crippen LogP contribution in [0, 0.1) is 0 Å². The lowest BCUT2D eigenvalue weighted by molar-refractivity contribution is -0.0223. The van der Waals surface area contributed by atoms with Crippen LogP contribution in [-0.4, -0.2) is 47.1 Å². The third kappa shape index (κ3) is 2.39. The van der Waals surface area contributed by atoms with Gasteiger partial charge in [0.1, 0.15) is 6.10 Å². The fourth-order valence-electron chi connectivity index (χ4n) is 2.82. The van der Waals surface area contributed by atoms with Crippen molar-refractivity contribution in [2.45, 2.75) is 36.2 Å². The topological polar surface area (TPSA) is 67.8 Å². The van der Waals surface area contributed by atoms with E-state index in [1.54, 1.807) is 0 Å². The summed E-state index contributed by atoms with van der Waals surface area (Å²) in [6.07, 6.45) is 0.0762. The largest absolute Gasteiger partial charge is 0.441 e. The number of benzene rings is 1. The average molecular weight is 295 g/mol. The highest BCUT2D eigenvalue weighted by atomic mass is 32.2. The third-order valence-electron chi connectivity index (χ3n) is 3.79. The van der Waals surface area contributed by atoms with Crippen molar-refractivity contribution in [1.29, 1.82) is 0 Å². The molecule has 1 amide bonds. The van der Waals surface area contributed by atoms with Crippen LogP contribution in [0.25, 0.3) is 0 Å². The first-order valence-electron chi connectivity index (χ1n) is 6.54. The van der Waals surface area contributed by atoms with Gasteiger partial charge < -0.3 is 19.9 Å². The molecule has 20 heavy (non-hydrogen) atoms. The minimum absolute atomic E-state index is 0.102. The lowest BCUT2D eigenvalue weighted by Gasteiger charge is -2.23. The molecule has 1 heterocycles. The van der Waals surface area contributed by atoms with Crippen molar-refractivity contribution >= 4 is 17.9 Å². The van der Waals surface area contributed by atoms with E-state index in [0.717, 1.165) is 5.56 Å². The van der Waals surface area contributed by atoms with Gasteiger partial charge in [-0.2, -0.15) is 11.8 Å². The van der Waals surface area contributed by atoms with Crippen LogP contribution in [0.15, 0.2) is 30.3 Å². The van der Waals surface area contributed by atoms with E-state index in [9.17, 15) is 9.90 Å². The maximum Gasteiger partial charge on any atom is 0.408 e. The van der Waals surface area contributed by atoms with Crippen LogP contribution in [0.3, 0.4) is 0 Å². The molecule has 1 aromatic rings. The Morgan fingerprint density at radius 2 is 2.15 bits per heavy atom. The summed E-state index contributed by atoms with van der Waals surface area (Å²) in [5.41, 5.74) is 1.06. The standard InChI is InChI=1S/C14H17NO4S/c1-20-13-10(16)9-11(19-14(17)15-9)12(13)18-7-8-5-3-2-4-6-8/h2-6,9-13,16H,7H2,1H3,(H,15,17)/t9-,10+,11-,12+,13-/m0/s1. The quantitative estimate of drug-likeness (QED) is 0.872. The molecule has 0 spiro atoms. The molecule has 1 aliphatic heterocycles. The number of thioether (sulfide) groups is 1. The number of aliphatic hydroxyl groups is 1. The number of fused-ring (bicyclic) bond motifs is 1. The maximum absolute atomic E-state index is 11.3. The van der Waals surface area contributed by atoms with Crippen molar-refractivity contribution in [3.63, 3.8) is 0 Å². The van der Waals surface area contributed by atoms with Crippen molar-refractivity contribution in [3.05, 3.63) is 35.9 Å². The van der Waals surface area contributed by atoms with E-state index in [1.807, 2.05) is 36.6 Å². The van der Waals surface area contributed by atoms with E-state index in [0.29, 0.717) is 6.61 Å². The van der Waals surface area contributed by atoms with Crippen LogP contribution in [0.1, 0.15) is 5.56 Å². The number of hydrogen-bond donors (Lipinski definition) is 2. The molecule has 2 fully saturated rings. The van der Waals surface area contributed by atoms with E-state index < -0.39 is 18.3 Å². The summed E-state index contributed by atoms with van der Waals surface area (Å²) in [7, 11) is 0. The van der Waals surface area contributed by atoms with Gasteiger partial charge in [-0.05, 0) is 11.8 Å². The molecule has 1 aliphatic carbocycles. The highest BCUT2D eigenvalue weighted by Gasteiger charge is 2.56. The Hall–Kier alpha value is -1.24. The second-order valence-corrected chi connectivity index (χ2v) is 6.01. The molecular formula is C14H17NO4S. The number of rotatable bonds is 4. The van der Waals surface area contributed by atoms with Gasteiger partial charge in [0.25, 0.3) is 0 Å². The van der Waals surface area contributed by atoms with Crippen LogP contribution in [0.5, 0.6) is 0 Å². The molecule has 0 radical (unpaired) electrons. The maximum atomic E-state index is 11.3. The summed E-state index contributed by atoms with van der Waals surface area (Å²) in [5.74, 6) is 0. The average Bonchev–Trinajstić information content (AvgIpc) is 2.95. The summed E-state index contributed by atoms with van der Waals surface area (Å²) in [6.45, 7) is 0.441. The zero-order chi connectivity index (χ0) is 14.1. The Balaban J connectivity index is 1.71. The number of carbonyl (C=O) groups excluding carboxylic acids is 1. The number of aliphatic hydroxyl groups excluding tert-OH is 1. The fraction of sp³-hybridized carbons (Fsp3) is 0.500. The van der Waals surface area contributed by atoms with Gasteiger partial charge in [0, 0.05) is 0 Å². The molecule has 1 saturated heterocycles. The van der Waals surface area contributed by atoms with E-state index in [2.05, 4.69) is 5.32 Å². The Bertz CT molecular complexity index is 483. The van der Waals surface area contributed by atoms with Crippen molar-refractivity contribution < 1.29 is 19.4 Å². The van der Waals surface area contributed by atoms with Gasteiger partial charge in [-0.1, -0.05) is 30.3 Å². The molecule has 0 aromatic heterocycles. The van der Waals surface area contributed by atoms with Crippen LogP contribution in [0.2, 0.25) is 0 Å². The number of hydrogen-bond acceptors (Lipinski definition) is 5. The zero-order valence-corrected chi connectivity index (χ0v) is 11.9. The van der Waals surface area contributed by atoms with E-state index in [-0.39, 0.29) is 17.4 Å². The van der Waals surface area contributed by atoms with Gasteiger partial charge in [0.2, 0.25) is 0 Å². The summed E-state index contributed by atoms with van der Waals surface area (Å²) in [4.78, 5) is 11.3. The summed E-state index contributed by atoms with van der Waals surface area (Å²) in [5, 5.41) is 12.8. The molecule has 6 heteroatoms. The van der Waals surface area contributed by atoms with Gasteiger partial charge >= 0.3 is 6.09 Å². The fourth-order valence-corrected chi connectivity index (χ4v) is 3.77. The number of amides is 1. The minimum atomic E-state index is -0.651. The Morgan fingerprint density at radius 3 is 2.85 bits per heavy atom. The number of carbonyl (C=O) groups is 1. The summed E-state index contributed by atoms with van der Waals surface area (Å²) in [6, 6.07) is 9.45. The van der Waals surface area contributed by atoms with E-state index in [4.69, 9.17) is 9.47 Å². The zero-order valence-electron chi connectivity index (χ0n) is 11.1. The van der Waals surface area contributed by atoms with Gasteiger partial charge in [-0.15, -0.1) is 0 Å². The first kappa shape index (κ1) is 13.7.